The molecule has 7 nitrogen and oxygen atoms in total. The molecule has 0 spiro atoms. The summed E-state index contributed by atoms with van der Waals surface area (Å²) in [5.41, 5.74) is 2.49. The number of anilines is 1. The Morgan fingerprint density at radius 2 is 1.91 bits per heavy atom. The molecule has 2 bridgehead atoms. The number of pyridine rings is 1. The Morgan fingerprint density at radius 1 is 1.09 bits per heavy atom. The molecular weight excluding hydrogens is 433 g/mol. The summed E-state index contributed by atoms with van der Waals surface area (Å²) in [6.45, 7) is 0. The number of halogens is 1. The molecule has 3 fully saturated rings. The standard InChI is InChI=1S/C26H28FN5O2/c1-31-9-8-16(11-25(31)34)15-2-6-19(23(33)10-15)21-13-29-24(14-28-21)32(18-4-5-18)22-12-17-3-7-20(30-17)26(22)27/h2,6,8-11,13-14,17-18,20,22,26,30,33H,3-5,7,12H2,1H3/t17?,20?,22-,26+/m0/s1. The highest BCUT2D eigenvalue weighted by Crippen LogP contribution is 2.40. The van der Waals surface area contributed by atoms with Crippen LogP contribution in [0.4, 0.5) is 10.2 Å². The van der Waals surface area contributed by atoms with E-state index < -0.39 is 6.17 Å². The molecule has 8 heteroatoms. The summed E-state index contributed by atoms with van der Waals surface area (Å²) in [5, 5.41) is 14.1. The van der Waals surface area contributed by atoms with E-state index in [1.165, 1.54) is 4.57 Å². The fraction of sp³-hybridized carbons (Fsp3) is 0.423. The summed E-state index contributed by atoms with van der Waals surface area (Å²) in [5.74, 6) is 0.773. The average Bonchev–Trinajstić information content (AvgIpc) is 3.59. The van der Waals surface area contributed by atoms with Gasteiger partial charge in [-0.05, 0) is 61.4 Å². The first kappa shape index (κ1) is 21.3. The zero-order valence-electron chi connectivity index (χ0n) is 19.1. The van der Waals surface area contributed by atoms with Gasteiger partial charge in [-0.3, -0.25) is 9.78 Å². The minimum Gasteiger partial charge on any atom is -0.507 e. The number of piperidine rings is 1. The van der Waals surface area contributed by atoms with Gasteiger partial charge in [-0.15, -0.1) is 0 Å². The molecule has 34 heavy (non-hydrogen) atoms. The van der Waals surface area contributed by atoms with E-state index in [9.17, 15) is 9.90 Å². The summed E-state index contributed by atoms with van der Waals surface area (Å²) < 4.78 is 16.8. The predicted molar refractivity (Wildman–Crippen MR) is 129 cm³/mol. The molecule has 1 saturated carbocycles. The molecule has 0 radical (unpaired) electrons. The maximum Gasteiger partial charge on any atom is 0.250 e. The molecule has 1 aromatic carbocycles. The van der Waals surface area contributed by atoms with Gasteiger partial charge in [-0.2, -0.15) is 0 Å². The molecule has 4 heterocycles. The molecule has 2 N–H and O–H groups in total. The lowest BCUT2D eigenvalue weighted by Gasteiger charge is -2.41. The molecule has 1 aliphatic carbocycles. The predicted octanol–water partition coefficient (Wildman–Crippen LogP) is 3.41. The highest BCUT2D eigenvalue weighted by molar-refractivity contribution is 5.74. The van der Waals surface area contributed by atoms with Gasteiger partial charge in [0, 0.05) is 43.0 Å². The number of rotatable bonds is 5. The summed E-state index contributed by atoms with van der Waals surface area (Å²) >= 11 is 0. The molecular formula is C26H28FN5O2. The lowest BCUT2D eigenvalue weighted by atomic mass is 9.96. The third-order valence-electron chi connectivity index (χ3n) is 7.47. The molecule has 2 unspecified atom stereocenters. The second kappa shape index (κ2) is 8.20. The maximum absolute atomic E-state index is 15.3. The Bertz CT molecular complexity index is 1270. The zero-order chi connectivity index (χ0) is 23.4. The van der Waals surface area contributed by atoms with E-state index in [4.69, 9.17) is 0 Å². The van der Waals surface area contributed by atoms with E-state index in [1.54, 1.807) is 43.8 Å². The van der Waals surface area contributed by atoms with Crippen LogP contribution >= 0.6 is 0 Å². The van der Waals surface area contributed by atoms with Gasteiger partial charge in [-0.25, -0.2) is 9.37 Å². The normalized spacial score (nSPS) is 25.9. The Balaban J connectivity index is 1.26. The van der Waals surface area contributed by atoms with Crippen molar-refractivity contribution >= 4 is 5.82 Å². The number of hydrogen-bond donors (Lipinski definition) is 2. The average molecular weight is 462 g/mol. The number of hydrogen-bond acceptors (Lipinski definition) is 6. The maximum atomic E-state index is 15.3. The van der Waals surface area contributed by atoms with Gasteiger partial charge < -0.3 is 19.9 Å². The molecule has 3 aromatic rings. The molecule has 3 aliphatic rings. The van der Waals surface area contributed by atoms with Crippen LogP contribution in [0.5, 0.6) is 5.75 Å². The van der Waals surface area contributed by atoms with Gasteiger partial charge in [-0.1, -0.05) is 6.07 Å². The molecule has 4 atom stereocenters. The number of benzene rings is 1. The van der Waals surface area contributed by atoms with E-state index in [-0.39, 0.29) is 23.4 Å². The number of alkyl halides is 1. The number of phenolic OH excluding ortho intramolecular Hbond substituents is 1. The molecule has 2 saturated heterocycles. The Morgan fingerprint density at radius 3 is 2.62 bits per heavy atom. The molecule has 2 aliphatic heterocycles. The summed E-state index contributed by atoms with van der Waals surface area (Å²) in [4.78, 5) is 23.4. The molecule has 2 aromatic heterocycles. The lowest BCUT2D eigenvalue weighted by molar-refractivity contribution is 0.171. The molecule has 176 valence electrons. The fourth-order valence-corrected chi connectivity index (χ4v) is 5.47. The smallest absolute Gasteiger partial charge is 0.250 e. The van der Waals surface area contributed by atoms with Crippen LogP contribution in [0, 0.1) is 0 Å². The van der Waals surface area contributed by atoms with E-state index in [0.717, 1.165) is 43.2 Å². The van der Waals surface area contributed by atoms with E-state index in [0.29, 0.717) is 29.2 Å². The number of phenols is 1. The molecule has 0 amide bonds. The number of nitrogens with zero attached hydrogens (tertiary/aromatic N) is 4. The number of aryl methyl sites for hydroxylation is 1. The number of aromatic nitrogens is 3. The van der Waals surface area contributed by atoms with Crippen LogP contribution in [0.2, 0.25) is 0 Å². The summed E-state index contributed by atoms with van der Waals surface area (Å²) in [6.07, 6.45) is 9.00. The quantitative estimate of drug-likeness (QED) is 0.606. The van der Waals surface area contributed by atoms with E-state index in [1.807, 2.05) is 12.1 Å². The highest BCUT2D eigenvalue weighted by atomic mass is 19.1. The van der Waals surface area contributed by atoms with Crippen LogP contribution in [-0.4, -0.2) is 50.0 Å². The van der Waals surface area contributed by atoms with Crippen LogP contribution in [0.25, 0.3) is 22.4 Å². The van der Waals surface area contributed by atoms with Crippen LogP contribution in [-0.2, 0) is 7.05 Å². The van der Waals surface area contributed by atoms with E-state index >= 15 is 4.39 Å². The van der Waals surface area contributed by atoms with Gasteiger partial charge in [0.05, 0.1) is 24.1 Å². The van der Waals surface area contributed by atoms with Gasteiger partial charge in [0.15, 0.2) is 0 Å². The second-order valence-electron chi connectivity index (χ2n) is 9.79. The fourth-order valence-electron chi connectivity index (χ4n) is 5.47. The first-order valence-electron chi connectivity index (χ1n) is 12.0. The highest BCUT2D eigenvalue weighted by Gasteiger charge is 2.48. The first-order chi connectivity index (χ1) is 16.5. The minimum absolute atomic E-state index is 0.0579. The topological polar surface area (TPSA) is 83.3 Å². The van der Waals surface area contributed by atoms with Crippen LogP contribution in [0.3, 0.4) is 0 Å². The second-order valence-corrected chi connectivity index (χ2v) is 9.79. The van der Waals surface area contributed by atoms with Crippen molar-refractivity contribution in [2.45, 2.75) is 62.4 Å². The minimum atomic E-state index is -0.910. The lowest BCUT2D eigenvalue weighted by Crippen LogP contribution is -2.57. The SMILES string of the molecule is Cn1ccc(-c2ccc(-c3cnc(N(C4CC4)[C@H]4CC5CCC(N5)[C@H]4F)cn3)c(O)c2)cc1=O. The van der Waals surface area contributed by atoms with Crippen molar-refractivity contribution in [2.75, 3.05) is 4.90 Å². The van der Waals surface area contributed by atoms with Gasteiger partial charge in [0.25, 0.3) is 5.56 Å². The van der Waals surface area contributed by atoms with Crippen molar-refractivity contribution in [3.05, 3.63) is 59.3 Å². The monoisotopic (exact) mass is 461 g/mol. The third kappa shape index (κ3) is 3.76. The van der Waals surface area contributed by atoms with Crippen LogP contribution in [0.1, 0.15) is 32.1 Å². The number of aromatic hydroxyl groups is 1. The van der Waals surface area contributed by atoms with Crippen molar-refractivity contribution < 1.29 is 9.50 Å². The summed E-state index contributed by atoms with van der Waals surface area (Å²) in [6, 6.07) is 9.14. The van der Waals surface area contributed by atoms with Crippen molar-refractivity contribution in [2.24, 2.45) is 7.05 Å². The Kier molecular flexibility index (Phi) is 5.13. The largest absolute Gasteiger partial charge is 0.507 e. The number of nitrogens with one attached hydrogen (secondary N) is 1. The van der Waals surface area contributed by atoms with Crippen LogP contribution < -0.4 is 15.8 Å². The van der Waals surface area contributed by atoms with Crippen molar-refractivity contribution in [3.8, 4) is 28.1 Å². The number of fused-ring (bicyclic) bond motifs is 2. The van der Waals surface area contributed by atoms with Gasteiger partial charge in [0.2, 0.25) is 0 Å². The summed E-state index contributed by atoms with van der Waals surface area (Å²) in [7, 11) is 1.70. The first-order valence-corrected chi connectivity index (χ1v) is 12.0. The van der Waals surface area contributed by atoms with Crippen molar-refractivity contribution in [1.82, 2.24) is 19.9 Å². The third-order valence-corrected chi connectivity index (χ3v) is 7.47. The molecule has 6 rings (SSSR count). The Labute approximate surface area is 197 Å². The zero-order valence-corrected chi connectivity index (χ0v) is 19.1. The Hall–Kier alpha value is -3.26. The van der Waals surface area contributed by atoms with Crippen molar-refractivity contribution in [1.29, 1.82) is 0 Å². The van der Waals surface area contributed by atoms with Crippen LogP contribution in [0.15, 0.2) is 53.7 Å². The van der Waals surface area contributed by atoms with Gasteiger partial charge >= 0.3 is 0 Å². The van der Waals surface area contributed by atoms with Crippen molar-refractivity contribution in [3.63, 3.8) is 0 Å². The van der Waals surface area contributed by atoms with E-state index in [2.05, 4.69) is 20.2 Å². The van der Waals surface area contributed by atoms with Gasteiger partial charge in [0.1, 0.15) is 17.7 Å².